The van der Waals surface area contributed by atoms with Crippen LogP contribution in [0.5, 0.6) is 5.75 Å². The molecule has 6 rings (SSSR count). The molecule has 45 heavy (non-hydrogen) atoms. The van der Waals surface area contributed by atoms with E-state index >= 15 is 0 Å². The number of fused-ring (bicyclic) bond motifs is 2. The van der Waals surface area contributed by atoms with E-state index in [0.29, 0.717) is 38.9 Å². The lowest BCUT2D eigenvalue weighted by Gasteiger charge is -2.37. The van der Waals surface area contributed by atoms with Crippen LogP contribution in [0, 0.1) is 5.92 Å². The second-order valence-corrected chi connectivity index (χ2v) is 17.6. The number of aliphatic hydroxyl groups is 1. The maximum absolute atomic E-state index is 14.7. The molecule has 2 fully saturated rings. The number of anilines is 2. The van der Waals surface area contributed by atoms with Gasteiger partial charge in [0, 0.05) is 62.4 Å². The van der Waals surface area contributed by atoms with Crippen molar-refractivity contribution in [3.63, 3.8) is 0 Å². The van der Waals surface area contributed by atoms with Crippen LogP contribution in [-0.4, -0.2) is 72.9 Å². The van der Waals surface area contributed by atoms with E-state index in [9.17, 15) is 14.7 Å². The van der Waals surface area contributed by atoms with E-state index in [1.807, 2.05) is 41.4 Å². The molecule has 3 aliphatic heterocycles. The summed E-state index contributed by atoms with van der Waals surface area (Å²) >= 11 is 0. The number of hydrogen-bond acceptors (Lipinski definition) is 7. The van der Waals surface area contributed by atoms with Crippen LogP contribution < -0.4 is 19.7 Å². The van der Waals surface area contributed by atoms with E-state index in [4.69, 9.17) is 9.47 Å². The molecule has 0 radical (unpaired) electrons. The molecule has 0 unspecified atom stereocenters. The first-order chi connectivity index (χ1) is 21.6. The van der Waals surface area contributed by atoms with E-state index in [0.717, 1.165) is 34.8 Å². The first kappa shape index (κ1) is 31.2. The molecular weight excluding hydrogens is 586 g/mol. The van der Waals surface area contributed by atoms with Crippen molar-refractivity contribution >= 4 is 36.4 Å². The molecule has 238 valence electrons. The number of methoxy groups -OCH3 is 1. The van der Waals surface area contributed by atoms with Crippen molar-refractivity contribution in [3.05, 3.63) is 72.6 Å². The highest BCUT2D eigenvalue weighted by molar-refractivity contribution is 6.91. The third-order valence-corrected chi connectivity index (χ3v) is 14.5. The quantitative estimate of drug-likeness (QED) is 0.254. The third-order valence-electron chi connectivity index (χ3n) is 10.1. The van der Waals surface area contributed by atoms with Crippen LogP contribution in [0.25, 0.3) is 0 Å². The predicted molar refractivity (Wildman–Crippen MR) is 176 cm³/mol. The number of ether oxygens (including phenoxy) is 2. The van der Waals surface area contributed by atoms with E-state index < -0.39 is 13.7 Å². The second-order valence-electron chi connectivity index (χ2n) is 12.9. The molecule has 0 bridgehead atoms. The molecular formula is C34H43N5O5Si. The van der Waals surface area contributed by atoms with Crippen LogP contribution in [0.2, 0.25) is 18.6 Å². The molecule has 2 amide bonds. The Morgan fingerprint density at radius 1 is 1.20 bits per heavy atom. The number of carbonyl (C=O) groups excluding carboxylic acids is 2. The maximum atomic E-state index is 14.7. The van der Waals surface area contributed by atoms with Gasteiger partial charge in [0.05, 0.1) is 32.7 Å². The molecule has 1 spiro atoms. The zero-order valence-corrected chi connectivity index (χ0v) is 27.6. The number of hydrogen-bond donors (Lipinski definition) is 1. The van der Waals surface area contributed by atoms with Crippen molar-refractivity contribution in [3.8, 4) is 5.75 Å². The Balaban J connectivity index is 1.44. The minimum Gasteiger partial charge on any atom is -0.497 e. The Hall–Kier alpha value is -3.80. The van der Waals surface area contributed by atoms with Crippen LogP contribution in [0.4, 0.5) is 11.4 Å². The topological polar surface area (TPSA) is 110 Å². The number of amides is 2. The summed E-state index contributed by atoms with van der Waals surface area (Å²) in [7, 11) is -0.634. The minimum absolute atomic E-state index is 0.0158. The minimum atomic E-state index is -2.30. The Morgan fingerprint density at radius 3 is 2.64 bits per heavy atom. The monoisotopic (exact) mass is 629 g/mol. The van der Waals surface area contributed by atoms with Gasteiger partial charge in [-0.1, -0.05) is 48.6 Å². The van der Waals surface area contributed by atoms with Gasteiger partial charge in [-0.25, -0.2) is 0 Å². The Labute approximate surface area is 265 Å². The number of aliphatic hydroxyl groups excluding tert-OH is 1. The van der Waals surface area contributed by atoms with Gasteiger partial charge in [-0.3, -0.25) is 14.3 Å². The molecule has 3 aromatic rings. The van der Waals surface area contributed by atoms with Gasteiger partial charge in [-0.15, -0.1) is 11.7 Å². The highest BCUT2D eigenvalue weighted by atomic mass is 28.3. The van der Waals surface area contributed by atoms with Gasteiger partial charge in [0.15, 0.2) is 5.60 Å². The van der Waals surface area contributed by atoms with Crippen molar-refractivity contribution < 1.29 is 24.2 Å². The lowest BCUT2D eigenvalue weighted by atomic mass is 9.82. The first-order valence-electron chi connectivity index (χ1n) is 15.9. The number of benzene rings is 2. The highest BCUT2D eigenvalue weighted by Gasteiger charge is 2.66. The number of aromatic nitrogens is 3. The molecule has 1 aromatic heterocycles. The lowest BCUT2D eigenvalue weighted by molar-refractivity contribution is -0.145. The van der Waals surface area contributed by atoms with E-state index in [1.54, 1.807) is 22.8 Å². The summed E-state index contributed by atoms with van der Waals surface area (Å²) < 4.78 is 14.5. The van der Waals surface area contributed by atoms with Crippen molar-refractivity contribution in [1.82, 2.24) is 15.0 Å². The number of aryl methyl sites for hydroxylation is 1. The lowest BCUT2D eigenvalue weighted by Crippen LogP contribution is -2.52. The van der Waals surface area contributed by atoms with E-state index in [2.05, 4.69) is 49.0 Å². The first-order valence-corrected chi connectivity index (χ1v) is 18.9. The van der Waals surface area contributed by atoms with Gasteiger partial charge >= 0.3 is 0 Å². The normalized spacial score (nSPS) is 24.6. The third kappa shape index (κ3) is 5.20. The molecule has 3 aliphatic rings. The van der Waals surface area contributed by atoms with Crippen molar-refractivity contribution in [2.45, 2.75) is 69.5 Å². The van der Waals surface area contributed by atoms with Crippen LogP contribution in [0.1, 0.15) is 37.4 Å². The summed E-state index contributed by atoms with van der Waals surface area (Å²) in [6, 6.07) is 14.3. The van der Waals surface area contributed by atoms with Crippen molar-refractivity contribution in [2.24, 2.45) is 5.92 Å². The summed E-state index contributed by atoms with van der Waals surface area (Å²) in [6.45, 7) is 12.5. The largest absolute Gasteiger partial charge is 0.497 e. The molecule has 2 aromatic carbocycles. The van der Waals surface area contributed by atoms with Gasteiger partial charge in [0.2, 0.25) is 5.91 Å². The summed E-state index contributed by atoms with van der Waals surface area (Å²) in [5.74, 6) is 0.681. The van der Waals surface area contributed by atoms with Crippen molar-refractivity contribution in [2.75, 3.05) is 36.6 Å². The van der Waals surface area contributed by atoms with Crippen LogP contribution in [0.3, 0.4) is 0 Å². The van der Waals surface area contributed by atoms with Gasteiger partial charge in [0.25, 0.3) is 5.91 Å². The molecule has 0 saturated carbocycles. The average molecular weight is 630 g/mol. The molecule has 4 heterocycles. The van der Waals surface area contributed by atoms with Crippen LogP contribution in [-0.2, 0) is 32.9 Å². The van der Waals surface area contributed by atoms with Crippen molar-refractivity contribution in [1.29, 1.82) is 0 Å². The fraction of sp³-hybridized carbons (Fsp3) is 0.471. The molecule has 2 saturated heterocycles. The van der Waals surface area contributed by atoms with Gasteiger partial charge in [0.1, 0.15) is 5.75 Å². The van der Waals surface area contributed by atoms with Crippen LogP contribution in [0.15, 0.2) is 61.3 Å². The second kappa shape index (κ2) is 12.2. The van der Waals surface area contributed by atoms with E-state index in [-0.39, 0.29) is 36.0 Å². The summed E-state index contributed by atoms with van der Waals surface area (Å²) in [4.78, 5) is 31.1. The Kier molecular flexibility index (Phi) is 8.44. The number of nitrogens with zero attached hydrogens (tertiary/aromatic N) is 5. The highest BCUT2D eigenvalue weighted by Crippen LogP contribution is 2.60. The fourth-order valence-corrected chi connectivity index (χ4v) is 12.0. The van der Waals surface area contributed by atoms with Gasteiger partial charge < -0.3 is 24.4 Å². The van der Waals surface area contributed by atoms with Crippen LogP contribution >= 0.6 is 0 Å². The zero-order chi connectivity index (χ0) is 31.9. The fourth-order valence-electron chi connectivity index (χ4n) is 7.91. The molecule has 4 atom stereocenters. The predicted octanol–water partition coefficient (Wildman–Crippen LogP) is 3.79. The molecule has 0 aliphatic carbocycles. The van der Waals surface area contributed by atoms with E-state index in [1.165, 1.54) is 5.19 Å². The summed E-state index contributed by atoms with van der Waals surface area (Å²) in [6.07, 6.45) is 5.82. The molecule has 11 heteroatoms. The average Bonchev–Trinajstić information content (AvgIpc) is 3.79. The summed E-state index contributed by atoms with van der Waals surface area (Å²) in [5, 5.41) is 19.1. The van der Waals surface area contributed by atoms with Gasteiger partial charge in [-0.2, -0.15) is 0 Å². The zero-order valence-electron chi connectivity index (χ0n) is 26.6. The van der Waals surface area contributed by atoms with Gasteiger partial charge in [-0.05, 0) is 48.7 Å². The Morgan fingerprint density at radius 2 is 1.98 bits per heavy atom. The maximum Gasteiger partial charge on any atom is 0.264 e. The summed E-state index contributed by atoms with van der Waals surface area (Å²) in [5.41, 5.74) is 2.07. The standard InChI is InChI=1S/C34H43N5O5Si/c1-6-17-39-29-14-9-25(38-18-7-8-31(38)41)21-28(29)34(33(39)42)23(2)32(45(4,5)27-12-10-26(43-3)11-13-27)30(44-34)15-19-37-22-24(16-20-40)35-36-37/h6,9-14,21-23,30,32,40H,1,7-8,15-20H2,2-5H3/t23-,30+,32-,34+/m0/s1. The smallest absolute Gasteiger partial charge is 0.264 e. The Bertz CT molecular complexity index is 1590. The molecule has 1 N–H and O–H groups in total. The SMILES string of the molecule is C=CCN1C(=O)[C@]2(O[C@H](CCn3cc(CCO)nn3)[C@@H]([Si](C)(C)c3ccc(OC)cc3)[C@@H]2C)c2cc(N3CCCC3=O)ccc21. The number of rotatable bonds is 11. The number of carbonyl (C=O) groups is 2. The molecule has 10 nitrogen and oxygen atoms in total.